The maximum absolute atomic E-state index is 9.99. The minimum Gasteiger partial charge on any atom is -0.388 e. The molecule has 2 heterocycles. The van der Waals surface area contributed by atoms with Gasteiger partial charge >= 0.3 is 0 Å². The fraction of sp³-hybridized carbons (Fsp3) is 0.200. The highest BCUT2D eigenvalue weighted by atomic mass is 79.9. The Morgan fingerprint density at radius 2 is 2.00 bits per heavy atom. The van der Waals surface area contributed by atoms with Crippen LogP contribution in [0.15, 0.2) is 58.2 Å². The van der Waals surface area contributed by atoms with Crippen LogP contribution in [0.5, 0.6) is 0 Å². The van der Waals surface area contributed by atoms with E-state index in [1.807, 2.05) is 49.5 Å². The van der Waals surface area contributed by atoms with Gasteiger partial charge in [-0.3, -0.25) is 9.99 Å². The van der Waals surface area contributed by atoms with Crippen molar-refractivity contribution in [2.24, 2.45) is 5.10 Å². The number of pyridine rings is 1. The van der Waals surface area contributed by atoms with Crippen LogP contribution in [0.25, 0.3) is 0 Å². The number of benzene rings is 1. The summed E-state index contributed by atoms with van der Waals surface area (Å²) in [4.78, 5) is 4.24. The Morgan fingerprint density at radius 3 is 2.50 bits per heavy atom. The van der Waals surface area contributed by atoms with Crippen LogP contribution < -0.4 is 11.1 Å². The molecule has 3 N–H and O–H groups in total. The average molecular weight is 364 g/mol. The van der Waals surface area contributed by atoms with Crippen LogP contribution in [0.1, 0.15) is 17.4 Å². The lowest BCUT2D eigenvalue weighted by atomic mass is 10.0. The molecule has 6 nitrogen and oxygen atoms in total. The number of aliphatic hydroxyl groups is 1. The number of aromatic nitrogens is 1. The molecule has 22 heavy (non-hydrogen) atoms. The molecule has 0 radical (unpaired) electrons. The number of hydrazine groups is 2. The Balaban J connectivity index is 0.000000246. The number of hydrazone groups is 1. The lowest BCUT2D eigenvalue weighted by Gasteiger charge is -2.10. The average Bonchev–Trinajstić information content (AvgIpc) is 3.02. The number of rotatable bonds is 3. The zero-order valence-electron chi connectivity index (χ0n) is 12.1. The van der Waals surface area contributed by atoms with Gasteiger partial charge in [0.15, 0.2) is 0 Å². The predicted molar refractivity (Wildman–Crippen MR) is 89.6 cm³/mol. The van der Waals surface area contributed by atoms with E-state index in [0.29, 0.717) is 6.42 Å². The molecule has 0 amide bonds. The van der Waals surface area contributed by atoms with Crippen LogP contribution in [0.3, 0.4) is 0 Å². The van der Waals surface area contributed by atoms with E-state index in [0.717, 1.165) is 15.7 Å². The highest BCUT2D eigenvalue weighted by molar-refractivity contribution is 9.10. The van der Waals surface area contributed by atoms with Crippen LogP contribution >= 0.6 is 15.9 Å². The SMILES string of the molecule is CN1C=NNN1.OC(Cc1ccc(Br)cn1)c1ccccc1. The van der Waals surface area contributed by atoms with E-state index in [1.165, 1.54) is 0 Å². The molecule has 1 unspecified atom stereocenters. The van der Waals surface area contributed by atoms with Crippen LogP contribution in [0.4, 0.5) is 0 Å². The summed E-state index contributed by atoms with van der Waals surface area (Å²) >= 11 is 3.33. The summed E-state index contributed by atoms with van der Waals surface area (Å²) in [5.41, 5.74) is 7.01. The zero-order chi connectivity index (χ0) is 15.8. The molecule has 0 fully saturated rings. The van der Waals surface area contributed by atoms with Crippen molar-refractivity contribution >= 4 is 22.3 Å². The smallest absolute Gasteiger partial charge is 0.128 e. The molecule has 1 aromatic heterocycles. The normalized spacial score (nSPS) is 14.0. The molecule has 2 aromatic rings. The van der Waals surface area contributed by atoms with Crippen LogP contribution in [0, 0.1) is 0 Å². The summed E-state index contributed by atoms with van der Waals surface area (Å²) < 4.78 is 0.949. The standard InChI is InChI=1S/C13H12BrNO.C2H6N4/c14-11-6-7-12(15-9-11)8-13(16)10-4-2-1-3-5-10;1-6-2-3-4-5-6/h1-7,9,13,16H,8H2;2,4-5H,1H3. The summed E-state index contributed by atoms with van der Waals surface area (Å²) in [5.74, 6) is 0. The largest absolute Gasteiger partial charge is 0.388 e. The molecule has 1 aliphatic heterocycles. The van der Waals surface area contributed by atoms with Gasteiger partial charge in [-0.25, -0.2) is 5.53 Å². The molecule has 0 saturated heterocycles. The Bertz CT molecular complexity index is 591. The van der Waals surface area contributed by atoms with E-state index < -0.39 is 6.10 Å². The van der Waals surface area contributed by atoms with Gasteiger partial charge < -0.3 is 5.11 Å². The van der Waals surface area contributed by atoms with Gasteiger partial charge in [0.1, 0.15) is 6.34 Å². The third-order valence-corrected chi connectivity index (χ3v) is 3.37. The lowest BCUT2D eigenvalue weighted by molar-refractivity contribution is 0.177. The molecule has 0 saturated carbocycles. The van der Waals surface area contributed by atoms with Gasteiger partial charge in [-0.2, -0.15) is 5.10 Å². The minimum atomic E-state index is -0.491. The quantitative estimate of drug-likeness (QED) is 0.777. The highest BCUT2D eigenvalue weighted by Crippen LogP contribution is 2.17. The Morgan fingerprint density at radius 1 is 1.23 bits per heavy atom. The second-order valence-corrected chi connectivity index (χ2v) is 5.59. The van der Waals surface area contributed by atoms with Gasteiger partial charge in [0.05, 0.1) is 6.10 Å². The third-order valence-electron chi connectivity index (χ3n) is 2.90. The van der Waals surface area contributed by atoms with Gasteiger partial charge in [-0.05, 0) is 33.6 Å². The number of nitrogens with one attached hydrogen (secondary N) is 2. The summed E-state index contributed by atoms with van der Waals surface area (Å²) in [6.45, 7) is 0. The molecule has 7 heteroatoms. The number of aliphatic hydroxyl groups excluding tert-OH is 1. The molecule has 0 aliphatic carbocycles. The molecule has 1 aromatic carbocycles. The van der Waals surface area contributed by atoms with Crippen molar-refractivity contribution in [1.29, 1.82) is 0 Å². The topological polar surface area (TPSA) is 72.8 Å². The van der Waals surface area contributed by atoms with E-state index in [-0.39, 0.29) is 0 Å². The highest BCUT2D eigenvalue weighted by Gasteiger charge is 2.08. The molecule has 0 bridgehead atoms. The second kappa shape index (κ2) is 8.47. The molecule has 3 rings (SSSR count). The van der Waals surface area contributed by atoms with E-state index in [9.17, 15) is 5.11 Å². The summed E-state index contributed by atoms with van der Waals surface area (Å²) in [6.07, 6.45) is 3.43. The van der Waals surface area contributed by atoms with Crippen LogP contribution in [0.2, 0.25) is 0 Å². The first kappa shape index (κ1) is 16.4. The van der Waals surface area contributed by atoms with E-state index in [4.69, 9.17) is 0 Å². The first-order valence-electron chi connectivity index (χ1n) is 6.75. The van der Waals surface area contributed by atoms with Crippen molar-refractivity contribution in [3.8, 4) is 0 Å². The number of hydrogen-bond donors (Lipinski definition) is 3. The minimum absolute atomic E-state index is 0.491. The lowest BCUT2D eigenvalue weighted by Crippen LogP contribution is -2.33. The van der Waals surface area contributed by atoms with E-state index >= 15 is 0 Å². The first-order valence-corrected chi connectivity index (χ1v) is 7.54. The fourth-order valence-corrected chi connectivity index (χ4v) is 2.00. The summed E-state index contributed by atoms with van der Waals surface area (Å²) in [6, 6.07) is 13.5. The van der Waals surface area contributed by atoms with Gasteiger partial charge in [0.2, 0.25) is 0 Å². The van der Waals surface area contributed by atoms with Crippen molar-refractivity contribution in [2.75, 3.05) is 7.05 Å². The Labute approximate surface area is 137 Å². The Kier molecular flexibility index (Phi) is 6.32. The van der Waals surface area contributed by atoms with E-state index in [1.54, 1.807) is 17.5 Å². The summed E-state index contributed by atoms with van der Waals surface area (Å²) in [7, 11) is 1.85. The number of nitrogens with zero attached hydrogens (tertiary/aromatic N) is 3. The number of hydrogen-bond acceptors (Lipinski definition) is 6. The molecular weight excluding hydrogens is 346 g/mol. The maximum atomic E-state index is 9.99. The van der Waals surface area contributed by atoms with Crippen molar-refractivity contribution in [2.45, 2.75) is 12.5 Å². The Hall–Kier alpha value is -1.96. The summed E-state index contributed by atoms with van der Waals surface area (Å²) in [5, 5.41) is 15.3. The second-order valence-electron chi connectivity index (χ2n) is 4.68. The van der Waals surface area contributed by atoms with Crippen molar-refractivity contribution in [3.63, 3.8) is 0 Å². The fourth-order valence-electron chi connectivity index (χ4n) is 1.77. The van der Waals surface area contributed by atoms with Gasteiger partial charge in [0, 0.05) is 29.8 Å². The van der Waals surface area contributed by atoms with Crippen LogP contribution in [-0.4, -0.2) is 28.5 Å². The van der Waals surface area contributed by atoms with Crippen molar-refractivity contribution in [1.82, 2.24) is 21.1 Å². The molecular formula is C15H18BrN5O. The third kappa shape index (κ3) is 5.44. The molecule has 0 spiro atoms. The molecule has 1 aliphatic rings. The number of halogens is 1. The van der Waals surface area contributed by atoms with Crippen LogP contribution in [-0.2, 0) is 6.42 Å². The van der Waals surface area contributed by atoms with E-state index in [2.05, 4.69) is 37.1 Å². The predicted octanol–water partition coefficient (Wildman–Crippen LogP) is 2.00. The van der Waals surface area contributed by atoms with Gasteiger partial charge in [-0.15, -0.1) is 5.53 Å². The molecule has 116 valence electrons. The monoisotopic (exact) mass is 363 g/mol. The van der Waals surface area contributed by atoms with Crippen molar-refractivity contribution in [3.05, 3.63) is 64.4 Å². The maximum Gasteiger partial charge on any atom is 0.128 e. The zero-order valence-corrected chi connectivity index (χ0v) is 13.7. The first-order chi connectivity index (χ1) is 10.6. The molecule has 1 atom stereocenters. The van der Waals surface area contributed by atoms with Crippen molar-refractivity contribution < 1.29 is 5.11 Å². The van der Waals surface area contributed by atoms with Gasteiger partial charge in [-0.1, -0.05) is 30.3 Å². The van der Waals surface area contributed by atoms with Gasteiger partial charge in [0.25, 0.3) is 0 Å².